The molecule has 0 aliphatic carbocycles. The Hall–Kier alpha value is -3.78. The van der Waals surface area contributed by atoms with Crippen LogP contribution in [0.5, 0.6) is 0 Å². The summed E-state index contributed by atoms with van der Waals surface area (Å²) in [6.45, 7) is 5.34. The number of aliphatic imine (C=N–C) groups is 1. The number of halogens is 3. The van der Waals surface area contributed by atoms with Crippen LogP contribution in [-0.2, 0) is 11.0 Å². The number of carbonyl (C=O) groups is 1. The predicted octanol–water partition coefficient (Wildman–Crippen LogP) is 5.26. The van der Waals surface area contributed by atoms with Crippen molar-refractivity contribution in [3.05, 3.63) is 88.4 Å². The Balaban J connectivity index is 1.32. The highest BCUT2D eigenvalue weighted by atomic mass is 127. The van der Waals surface area contributed by atoms with E-state index in [1.54, 1.807) is 11.1 Å². The Labute approximate surface area is 248 Å². The lowest BCUT2D eigenvalue weighted by Gasteiger charge is -2.35. The van der Waals surface area contributed by atoms with Gasteiger partial charge in [0.1, 0.15) is 17.9 Å². The van der Waals surface area contributed by atoms with Gasteiger partial charge in [0.25, 0.3) is 5.91 Å². The van der Waals surface area contributed by atoms with Gasteiger partial charge >= 0.3 is 6.01 Å². The molecule has 2 aromatic carbocycles. The summed E-state index contributed by atoms with van der Waals surface area (Å²) in [6, 6.07) is 9.93. The van der Waals surface area contributed by atoms with E-state index in [0.717, 1.165) is 5.56 Å². The minimum Gasteiger partial charge on any atom is -0.431 e. The van der Waals surface area contributed by atoms with Gasteiger partial charge in [0, 0.05) is 52.5 Å². The van der Waals surface area contributed by atoms with Gasteiger partial charge in [0.15, 0.2) is 5.69 Å². The second kappa shape index (κ2) is 11.2. The fourth-order valence-corrected chi connectivity index (χ4v) is 5.73. The van der Waals surface area contributed by atoms with Crippen molar-refractivity contribution in [2.24, 2.45) is 4.99 Å². The highest BCUT2D eigenvalue weighted by molar-refractivity contribution is 14.1. The summed E-state index contributed by atoms with van der Waals surface area (Å²) < 4.78 is 36.0. The van der Waals surface area contributed by atoms with Gasteiger partial charge in [-0.2, -0.15) is 4.98 Å². The number of nitrogens with one attached hydrogen (secondary N) is 2. The van der Waals surface area contributed by atoms with E-state index in [0.29, 0.717) is 39.9 Å². The van der Waals surface area contributed by atoms with Crippen LogP contribution in [0.2, 0.25) is 0 Å². The number of piperazine rings is 1. The van der Waals surface area contributed by atoms with E-state index in [1.165, 1.54) is 24.5 Å². The first-order valence-corrected chi connectivity index (χ1v) is 14.7. The lowest BCUT2D eigenvalue weighted by Crippen LogP contribution is -2.55. The summed E-state index contributed by atoms with van der Waals surface area (Å²) in [5.41, 5.74) is 3.72. The van der Waals surface area contributed by atoms with Crippen molar-refractivity contribution in [2.45, 2.75) is 36.9 Å². The molecule has 2 aromatic heterocycles. The third kappa shape index (κ3) is 5.45. The van der Waals surface area contributed by atoms with Gasteiger partial charge in [-0.05, 0) is 37.6 Å². The van der Waals surface area contributed by atoms with Crippen LogP contribution < -0.4 is 10.6 Å². The molecule has 0 saturated carbocycles. The van der Waals surface area contributed by atoms with Crippen molar-refractivity contribution in [3.8, 4) is 11.3 Å². The largest absolute Gasteiger partial charge is 0.431 e. The fraction of sp³-hybridized carbons (Fsp3) is 0.276. The minimum atomic E-state index is -0.687. The molecule has 41 heavy (non-hydrogen) atoms. The van der Waals surface area contributed by atoms with Gasteiger partial charge in [-0.3, -0.25) is 15.1 Å². The monoisotopic (exact) mass is 669 g/mol. The van der Waals surface area contributed by atoms with Gasteiger partial charge in [0.05, 0.1) is 23.5 Å². The van der Waals surface area contributed by atoms with Gasteiger partial charge in [-0.15, -0.1) is 0 Å². The zero-order chi connectivity index (χ0) is 28.7. The Bertz CT molecular complexity index is 1640. The number of hydrogen-bond donors (Lipinski definition) is 2. The van der Waals surface area contributed by atoms with Crippen molar-refractivity contribution in [1.82, 2.24) is 25.2 Å². The molecular formula is C29H26F2IN7O2. The molecule has 2 aliphatic heterocycles. The number of nitrogens with zero attached hydrogens (tertiary/aromatic N) is 5. The maximum atomic E-state index is 14.9. The molecule has 1 amide bonds. The molecular weight excluding hydrogens is 643 g/mol. The van der Waals surface area contributed by atoms with Crippen molar-refractivity contribution >= 4 is 46.2 Å². The maximum absolute atomic E-state index is 14.9. The molecule has 9 nitrogen and oxygen atoms in total. The Morgan fingerprint density at radius 3 is 2.61 bits per heavy atom. The van der Waals surface area contributed by atoms with Crippen molar-refractivity contribution < 1.29 is 18.0 Å². The van der Waals surface area contributed by atoms with Crippen molar-refractivity contribution in [3.63, 3.8) is 0 Å². The smallest absolute Gasteiger partial charge is 0.302 e. The molecule has 4 heterocycles. The van der Waals surface area contributed by atoms with E-state index in [-0.39, 0.29) is 53.5 Å². The number of hydrogen-bond acceptors (Lipinski definition) is 8. The lowest BCUT2D eigenvalue weighted by atomic mass is 9.93. The van der Waals surface area contributed by atoms with E-state index in [2.05, 4.69) is 48.2 Å². The SMILES string of the molecule is CC1CN(C(=O)c2coc(Nc3ncc4c(n3)-c3ccc(CI)cc3C(c3c(F)cccc3F)=NC4)n2)CC(C)N1. The van der Waals surface area contributed by atoms with Crippen LogP contribution in [0.4, 0.5) is 20.7 Å². The molecule has 1 saturated heterocycles. The van der Waals surface area contributed by atoms with E-state index in [4.69, 9.17) is 9.40 Å². The second-order valence-electron chi connectivity index (χ2n) is 10.2. The molecule has 1 fully saturated rings. The number of oxazole rings is 1. The highest BCUT2D eigenvalue weighted by Crippen LogP contribution is 2.34. The number of rotatable bonds is 5. The van der Waals surface area contributed by atoms with Crippen molar-refractivity contribution in [2.75, 3.05) is 18.4 Å². The second-order valence-corrected chi connectivity index (χ2v) is 10.9. The number of fused-ring (bicyclic) bond motifs is 3. The van der Waals surface area contributed by atoms with E-state index in [9.17, 15) is 13.6 Å². The topological polar surface area (TPSA) is 109 Å². The summed E-state index contributed by atoms with van der Waals surface area (Å²) in [5, 5.41) is 6.34. The Kier molecular flexibility index (Phi) is 7.51. The Morgan fingerprint density at radius 2 is 1.88 bits per heavy atom. The number of amides is 1. The first-order valence-electron chi connectivity index (χ1n) is 13.1. The predicted molar refractivity (Wildman–Crippen MR) is 159 cm³/mol. The van der Waals surface area contributed by atoms with Gasteiger partial charge in [-0.25, -0.2) is 18.7 Å². The van der Waals surface area contributed by atoms with Crippen LogP contribution in [0.3, 0.4) is 0 Å². The first-order chi connectivity index (χ1) is 19.8. The zero-order valence-corrected chi connectivity index (χ0v) is 24.4. The van der Waals surface area contributed by atoms with E-state index in [1.807, 2.05) is 32.0 Å². The van der Waals surface area contributed by atoms with Crippen LogP contribution >= 0.6 is 22.6 Å². The molecule has 2 aliphatic rings. The first kappa shape index (κ1) is 27.4. The van der Waals surface area contributed by atoms with Crippen molar-refractivity contribution in [1.29, 1.82) is 0 Å². The maximum Gasteiger partial charge on any atom is 0.302 e. The highest BCUT2D eigenvalue weighted by Gasteiger charge is 2.28. The standard InChI is InChI=1S/C29H26F2IN7O2/c1-15-12-39(13-16(2)35-15)27(40)23-14-41-29(36-23)38-28-34-11-18-10-33-26(24-21(30)4-3-5-22(24)31)20-8-17(9-32)6-7-19(20)25(18)37-28/h3-8,11,14-16,35H,9-10,12-13H2,1-2H3,(H,34,36,37,38). The number of anilines is 2. The number of benzene rings is 2. The lowest BCUT2D eigenvalue weighted by molar-refractivity contribution is 0.0668. The molecule has 0 bridgehead atoms. The molecule has 2 atom stereocenters. The summed E-state index contributed by atoms with van der Waals surface area (Å²) in [7, 11) is 0. The molecule has 0 spiro atoms. The van der Waals surface area contributed by atoms with Gasteiger partial charge < -0.3 is 14.6 Å². The third-order valence-corrected chi connectivity index (χ3v) is 7.89. The number of carbonyl (C=O) groups excluding carboxylic acids is 1. The summed E-state index contributed by atoms with van der Waals surface area (Å²) in [6.07, 6.45) is 2.93. The Morgan fingerprint density at radius 1 is 1.12 bits per heavy atom. The van der Waals surface area contributed by atoms with Gasteiger partial charge in [-0.1, -0.05) is 40.8 Å². The van der Waals surface area contributed by atoms with Crippen LogP contribution in [0.1, 0.15) is 46.6 Å². The molecule has 210 valence electrons. The molecule has 6 rings (SSSR count). The molecule has 2 N–H and O–H groups in total. The normalized spacial score (nSPS) is 18.3. The van der Waals surface area contributed by atoms with E-state index >= 15 is 0 Å². The van der Waals surface area contributed by atoms with Crippen LogP contribution in [0.25, 0.3) is 11.3 Å². The quantitative estimate of drug-likeness (QED) is 0.221. The fourth-order valence-electron chi connectivity index (χ4n) is 5.26. The van der Waals surface area contributed by atoms with Crippen LogP contribution in [-0.4, -0.2) is 56.6 Å². The summed E-state index contributed by atoms with van der Waals surface area (Å²) in [4.78, 5) is 32.8. The van der Waals surface area contributed by atoms with Crippen LogP contribution in [0, 0.1) is 11.6 Å². The van der Waals surface area contributed by atoms with E-state index < -0.39 is 11.6 Å². The third-order valence-electron chi connectivity index (χ3n) is 7.01. The molecule has 12 heteroatoms. The summed E-state index contributed by atoms with van der Waals surface area (Å²) >= 11 is 2.24. The number of alkyl halides is 1. The average Bonchev–Trinajstić information content (AvgIpc) is 3.36. The van der Waals surface area contributed by atoms with Crippen LogP contribution in [0.15, 0.2) is 58.3 Å². The number of aromatic nitrogens is 3. The molecule has 0 radical (unpaired) electrons. The average molecular weight is 669 g/mol. The molecule has 4 aromatic rings. The van der Waals surface area contributed by atoms with Gasteiger partial charge in [0.2, 0.25) is 5.95 Å². The zero-order valence-electron chi connectivity index (χ0n) is 22.3. The summed E-state index contributed by atoms with van der Waals surface area (Å²) in [5.74, 6) is -1.39. The molecule has 2 unspecified atom stereocenters. The minimum absolute atomic E-state index is 0.0732.